The molecule has 0 amide bonds. The lowest BCUT2D eigenvalue weighted by Crippen LogP contribution is -2.73. The van der Waals surface area contributed by atoms with Crippen molar-refractivity contribution in [2.45, 2.75) is 6.42 Å². The summed E-state index contributed by atoms with van der Waals surface area (Å²) in [7, 11) is -3.51. The highest BCUT2D eigenvalue weighted by molar-refractivity contribution is 7.25. The van der Waals surface area contributed by atoms with Crippen LogP contribution in [0, 0.1) is 0 Å². The number of hydrogen-bond donors (Lipinski definition) is 0. The molecule has 318 valence electrons. The van der Waals surface area contributed by atoms with Crippen molar-refractivity contribution in [1.29, 1.82) is 0 Å². The fraction of sp³-hybridized carbons (Fsp3) is 0.0167. The first-order valence-corrected chi connectivity index (χ1v) is 25.8. The van der Waals surface area contributed by atoms with Crippen LogP contribution in [-0.2, 0) is 6.42 Å². The van der Waals surface area contributed by atoms with Gasteiger partial charge in [-0.15, -0.1) is 11.3 Å². The second-order valence-electron chi connectivity index (χ2n) is 17.9. The third kappa shape index (κ3) is 5.24. The molecule has 0 bridgehead atoms. The number of furan rings is 1. The maximum Gasteiger partial charge on any atom is 0.280 e. The molecule has 1 aliphatic carbocycles. The average Bonchev–Trinajstić information content (AvgIpc) is 4.22. The lowest BCUT2D eigenvalue weighted by atomic mass is 10.0. The highest BCUT2D eigenvalue weighted by atomic mass is 32.1. The van der Waals surface area contributed by atoms with Gasteiger partial charge in [-0.2, -0.15) is 0 Å². The van der Waals surface area contributed by atoms with Gasteiger partial charge in [-0.25, -0.2) is 9.97 Å². The molecule has 0 spiro atoms. The van der Waals surface area contributed by atoms with Crippen LogP contribution in [0.1, 0.15) is 11.1 Å². The zero-order valence-corrected chi connectivity index (χ0v) is 38.3. The van der Waals surface area contributed by atoms with E-state index in [1.54, 1.807) is 6.20 Å². The Morgan fingerprint density at radius 3 is 2.09 bits per heavy atom. The predicted octanol–water partition coefficient (Wildman–Crippen LogP) is 12.9. The summed E-state index contributed by atoms with van der Waals surface area (Å²) in [6.07, 6.45) is 4.69. The summed E-state index contributed by atoms with van der Waals surface area (Å²) in [6.45, 7) is 0. The molecule has 6 aromatic heterocycles. The number of fused-ring (bicyclic) bond motifs is 14. The van der Waals surface area contributed by atoms with E-state index in [0.717, 1.165) is 72.6 Å². The molecule has 8 heteroatoms. The van der Waals surface area contributed by atoms with Crippen molar-refractivity contribution in [2.75, 3.05) is 0 Å². The molecule has 6 nitrogen and oxygen atoms in total. The molecule has 0 radical (unpaired) electrons. The van der Waals surface area contributed by atoms with Crippen molar-refractivity contribution in [3.05, 3.63) is 224 Å². The Kier molecular flexibility index (Phi) is 7.93. The maximum atomic E-state index is 6.19. The van der Waals surface area contributed by atoms with Gasteiger partial charge in [0.25, 0.3) is 8.24 Å². The summed E-state index contributed by atoms with van der Waals surface area (Å²) in [5, 5.41) is 8.16. The van der Waals surface area contributed by atoms with Crippen LogP contribution >= 0.6 is 11.3 Å². The molecule has 0 N–H and O–H groups in total. The summed E-state index contributed by atoms with van der Waals surface area (Å²) >= 11 is 1.85. The Labute approximate surface area is 394 Å². The molecule has 15 rings (SSSR count). The first-order valence-electron chi connectivity index (χ1n) is 23.0. The second kappa shape index (κ2) is 14.3. The van der Waals surface area contributed by atoms with Crippen LogP contribution in [0.2, 0.25) is 0 Å². The van der Waals surface area contributed by atoms with E-state index in [2.05, 4.69) is 208 Å². The number of benzene rings is 8. The van der Waals surface area contributed by atoms with Crippen molar-refractivity contribution < 1.29 is 4.42 Å². The zero-order chi connectivity index (χ0) is 44.5. The molecule has 0 fully saturated rings. The lowest BCUT2D eigenvalue weighted by molar-refractivity contribution is 0.654. The summed E-state index contributed by atoms with van der Waals surface area (Å²) in [5.74, 6) is 0.878. The van der Waals surface area contributed by atoms with E-state index < -0.39 is 8.24 Å². The van der Waals surface area contributed by atoms with E-state index in [9.17, 15) is 0 Å². The molecule has 0 aliphatic heterocycles. The first kappa shape index (κ1) is 37.8. The van der Waals surface area contributed by atoms with Gasteiger partial charge in [0.1, 0.15) is 5.58 Å². The number of rotatable bonds is 6. The van der Waals surface area contributed by atoms with Gasteiger partial charge in [0.2, 0.25) is 11.5 Å². The summed E-state index contributed by atoms with van der Waals surface area (Å²) in [4.78, 5) is 16.1. The minimum Gasteiger partial charge on any atom is -0.438 e. The van der Waals surface area contributed by atoms with E-state index in [4.69, 9.17) is 14.4 Å². The van der Waals surface area contributed by atoms with Crippen LogP contribution in [0.4, 0.5) is 0 Å². The van der Waals surface area contributed by atoms with E-state index in [0.29, 0.717) is 5.71 Å². The molecule has 14 aromatic rings. The van der Waals surface area contributed by atoms with Crippen molar-refractivity contribution in [1.82, 2.24) is 23.6 Å². The van der Waals surface area contributed by atoms with Gasteiger partial charge in [0.15, 0.2) is 0 Å². The largest absolute Gasteiger partial charge is 0.438 e. The van der Waals surface area contributed by atoms with Crippen molar-refractivity contribution in [3.63, 3.8) is 0 Å². The molecular formula is C60H37N5OSSi. The zero-order valence-electron chi connectivity index (χ0n) is 36.5. The summed E-state index contributed by atoms with van der Waals surface area (Å²) < 4.78 is 13.8. The number of nitrogens with zero attached hydrogens (tertiary/aromatic N) is 5. The Hall–Kier alpha value is -8.43. The predicted molar refractivity (Wildman–Crippen MR) is 282 cm³/mol. The van der Waals surface area contributed by atoms with Crippen molar-refractivity contribution >= 4 is 105 Å². The minimum absolute atomic E-state index is 0.640. The SMILES string of the molecule is c1ccc([Si](c2ccccc2)(c2nccc3c2-c2ccccc2C3)n2c3cc(-c4ccc5sc6ccccc6c5c4)ccc3n3c4cccc(-c5ccc6oc7ncccc7c6c5)c4nc23)cc1. The number of hydrogen-bond acceptors (Lipinski definition) is 5. The van der Waals surface area contributed by atoms with Crippen LogP contribution < -0.4 is 15.7 Å². The average molecular weight is 904 g/mol. The molecule has 6 heterocycles. The van der Waals surface area contributed by atoms with Crippen LogP contribution in [0.3, 0.4) is 0 Å². The first-order chi connectivity index (χ1) is 33.7. The molecule has 8 aromatic carbocycles. The Morgan fingerprint density at radius 2 is 1.21 bits per heavy atom. The number of thiophene rings is 1. The molecule has 0 saturated heterocycles. The fourth-order valence-electron chi connectivity index (χ4n) is 11.4. The van der Waals surface area contributed by atoms with Gasteiger partial charge < -0.3 is 8.65 Å². The van der Waals surface area contributed by atoms with Crippen molar-refractivity contribution in [2.24, 2.45) is 0 Å². The van der Waals surface area contributed by atoms with Gasteiger partial charge in [-0.1, -0.05) is 133 Å². The maximum absolute atomic E-state index is 6.19. The topological polar surface area (TPSA) is 61.2 Å². The molecular weight excluding hydrogens is 867 g/mol. The smallest absolute Gasteiger partial charge is 0.280 e. The Balaban J connectivity index is 1.10. The fourth-order valence-corrected chi connectivity index (χ4v) is 17.4. The quantitative estimate of drug-likeness (QED) is 0.156. The van der Waals surface area contributed by atoms with Gasteiger partial charge in [0.05, 0.1) is 27.4 Å². The molecule has 0 atom stereocenters. The minimum atomic E-state index is -3.51. The monoisotopic (exact) mass is 903 g/mol. The van der Waals surface area contributed by atoms with Crippen molar-refractivity contribution in [3.8, 4) is 33.4 Å². The summed E-state index contributed by atoms with van der Waals surface area (Å²) in [6, 6.07) is 73.3. The van der Waals surface area contributed by atoms with E-state index in [1.165, 1.54) is 58.4 Å². The second-order valence-corrected chi connectivity index (χ2v) is 22.5. The van der Waals surface area contributed by atoms with E-state index in [-0.39, 0.29) is 0 Å². The Bertz CT molecular complexity index is 4340. The van der Waals surface area contributed by atoms with Crippen LogP contribution in [0.15, 0.2) is 217 Å². The highest BCUT2D eigenvalue weighted by Gasteiger charge is 2.49. The lowest BCUT2D eigenvalue weighted by Gasteiger charge is -2.35. The highest BCUT2D eigenvalue weighted by Crippen LogP contribution is 2.42. The third-order valence-corrected chi connectivity index (χ3v) is 20.0. The van der Waals surface area contributed by atoms with Gasteiger partial charge >= 0.3 is 0 Å². The number of para-hydroxylation sites is 1. The van der Waals surface area contributed by atoms with Gasteiger partial charge in [-0.05, 0) is 117 Å². The molecule has 68 heavy (non-hydrogen) atoms. The molecule has 1 aliphatic rings. The third-order valence-electron chi connectivity index (χ3n) is 14.4. The Morgan fingerprint density at radius 1 is 0.485 bits per heavy atom. The van der Waals surface area contributed by atoms with E-state index >= 15 is 0 Å². The van der Waals surface area contributed by atoms with Crippen LogP contribution in [-0.4, -0.2) is 31.8 Å². The number of aromatic nitrogens is 5. The standard InChI is InChI=1S/C60H37N5OSSi/c1-3-14-42(15-4-1)68(43-16-5-2-6-17-43,59-56-41(30-32-62-59)33-39-13-7-8-18-44(39)56)65-52-36-38(37-26-29-55-49(34-37)46-19-9-10-23-54(46)67-55)24-27-50(52)64-51-22-11-20-45(57(51)63-60(64)65)40-25-28-53-48(35-40)47-21-12-31-61-58(47)66-53/h1-32,34-36H,33H2. The summed E-state index contributed by atoms with van der Waals surface area (Å²) in [5.41, 5.74) is 15.2. The van der Waals surface area contributed by atoms with Crippen LogP contribution in [0.25, 0.3) is 103 Å². The number of pyridine rings is 2. The van der Waals surface area contributed by atoms with Crippen LogP contribution in [0.5, 0.6) is 0 Å². The van der Waals surface area contributed by atoms with E-state index in [1.807, 2.05) is 23.6 Å². The van der Waals surface area contributed by atoms with Gasteiger partial charge in [0, 0.05) is 54.5 Å². The van der Waals surface area contributed by atoms with Gasteiger partial charge in [-0.3, -0.25) is 9.38 Å². The normalized spacial score (nSPS) is 12.6. The number of imidazole rings is 2. The molecule has 0 unspecified atom stereocenters. The molecule has 0 saturated carbocycles.